The number of pyridine rings is 4. The molecule has 23 heteroatoms. The Balaban J connectivity index is 0.000000145. The average molecular weight is 1510 g/mol. The van der Waals surface area contributed by atoms with Crippen molar-refractivity contribution in [2.75, 3.05) is 7.11 Å². The number of aliphatic hydroxyl groups is 3. The number of nitrogens with zero attached hydrogens (tertiary/aromatic N) is 9. The summed E-state index contributed by atoms with van der Waals surface area (Å²) < 4.78 is 29.1. The number of carbonyl (C=O) groups is 4. The molecule has 14 rings (SSSR count). The molecule has 4 saturated carbocycles. The quantitative estimate of drug-likeness (QED) is 0.0217. The lowest BCUT2D eigenvalue weighted by molar-refractivity contribution is -0.161. The summed E-state index contributed by atoms with van der Waals surface area (Å²) in [6.45, 7) is 28.6. The van der Waals surface area contributed by atoms with Gasteiger partial charge >= 0.3 is 23.9 Å². The molecule has 24 atom stereocenters. The Morgan fingerprint density at radius 3 is 1.33 bits per heavy atom. The van der Waals surface area contributed by atoms with E-state index in [-0.39, 0.29) is 95.5 Å². The van der Waals surface area contributed by atoms with Crippen LogP contribution in [0.25, 0.3) is 41.4 Å². The van der Waals surface area contributed by atoms with Gasteiger partial charge in [-0.2, -0.15) is 0 Å². The molecule has 0 amide bonds. The summed E-state index contributed by atoms with van der Waals surface area (Å²) in [5.41, 5.74) is 3.91. The number of carbonyl (C=O) groups excluding carboxylic acids is 4. The third kappa shape index (κ3) is 16.8. The third-order valence-corrected chi connectivity index (χ3v) is 25.5. The molecule has 6 aromatic rings. The van der Waals surface area contributed by atoms with E-state index < -0.39 is 34.7 Å². The van der Waals surface area contributed by atoms with Crippen LogP contribution in [0.3, 0.4) is 0 Å². The van der Waals surface area contributed by atoms with E-state index in [0.717, 1.165) is 83.0 Å². The molecule has 0 aromatic carbocycles. The van der Waals surface area contributed by atoms with Crippen LogP contribution < -0.4 is 0 Å². The molecule has 4 saturated heterocycles. The lowest BCUT2D eigenvalue weighted by Gasteiger charge is -2.45. The maximum Gasteiger partial charge on any atom is 0.338 e. The summed E-state index contributed by atoms with van der Waals surface area (Å²) in [6, 6.07) is 15.5. The van der Waals surface area contributed by atoms with Gasteiger partial charge in [0.05, 0.1) is 70.1 Å². The lowest BCUT2D eigenvalue weighted by atomic mass is 9.59. The van der Waals surface area contributed by atoms with E-state index in [1.807, 2.05) is 118 Å². The number of rotatable bonds is 17. The number of imidazole rings is 1. The van der Waals surface area contributed by atoms with Crippen LogP contribution in [-0.4, -0.2) is 139 Å². The number of ether oxygens (including phenoxy) is 4. The SMILES string of the molecule is CC[C@H]1[C@H](/C=C/c2ccc(-c3ncco3)cn2)[C@@H]2[C@@H](C)OC(=O)[C@@H]2C[C@@H]1C.CC[C@H]1[C@H](/C=C/c2ccc(-n3ccnc3)cn2)[C@@H]2[C@@H](C)OC(=O)[C@]2(O)C[C@@H]1C.CC[C@H]1[C@H](/C=C/c2ccc(C(C)=NO)cn2)[C@@H]2[C@@H](C)OC(=O)[C@]2(O)C[C@@H]1C.CC[C@H]1[C@H](/C=C/c2ccc(C(C)=NOC)cn2)[C@@H]2[C@@H](C)OC(=O)[C@]2(O)C[C@@H]1C. The number of aromatic nitrogens is 7. The van der Waals surface area contributed by atoms with Crippen molar-refractivity contribution in [2.24, 2.45) is 111 Å². The van der Waals surface area contributed by atoms with Gasteiger partial charge in [-0.1, -0.05) is 116 Å². The lowest BCUT2D eigenvalue weighted by Crippen LogP contribution is -2.53. The first-order valence-electron chi connectivity index (χ1n) is 39.4. The van der Waals surface area contributed by atoms with E-state index in [0.29, 0.717) is 66.4 Å². The van der Waals surface area contributed by atoms with Crippen molar-refractivity contribution in [3.8, 4) is 17.1 Å². The molecular weight excluding hydrogens is 1400 g/mol. The normalized spacial score (nSPS) is 35.2. The Morgan fingerprint density at radius 2 is 0.955 bits per heavy atom. The van der Waals surface area contributed by atoms with Crippen LogP contribution >= 0.6 is 0 Å². The van der Waals surface area contributed by atoms with Gasteiger partial charge in [0.25, 0.3) is 0 Å². The van der Waals surface area contributed by atoms with Crippen LogP contribution in [0.15, 0.2) is 144 Å². The maximum atomic E-state index is 12.3. The number of oxime groups is 2. The van der Waals surface area contributed by atoms with Gasteiger partial charge in [0, 0.05) is 65.8 Å². The predicted octanol–water partition coefficient (Wildman–Crippen LogP) is 14.6. The monoisotopic (exact) mass is 1510 g/mol. The topological polar surface area (TPSA) is 315 Å². The van der Waals surface area contributed by atoms with E-state index in [4.69, 9.17) is 33.4 Å². The number of hydrogen-bond donors (Lipinski definition) is 4. The second-order valence-electron chi connectivity index (χ2n) is 32.0. The van der Waals surface area contributed by atoms with Gasteiger partial charge in [0.2, 0.25) is 5.89 Å². The molecular formula is C87H111N9O14. The molecule has 8 aliphatic rings. The van der Waals surface area contributed by atoms with Crippen molar-refractivity contribution in [2.45, 2.75) is 190 Å². The van der Waals surface area contributed by atoms with Gasteiger partial charge < -0.3 is 53.3 Å². The Kier molecular flexibility index (Phi) is 25.9. The van der Waals surface area contributed by atoms with Crippen molar-refractivity contribution in [1.82, 2.24) is 34.5 Å². The molecule has 4 aliphatic heterocycles. The largest absolute Gasteiger partial charge is 0.462 e. The Labute approximate surface area is 646 Å². The highest BCUT2D eigenvalue weighted by atomic mass is 16.6. The Bertz CT molecular complexity index is 4300. The first-order chi connectivity index (χ1) is 52.6. The van der Waals surface area contributed by atoms with Crippen LogP contribution in [0.1, 0.15) is 182 Å². The molecule has 0 unspecified atom stereocenters. The Hall–Kier alpha value is -9.32. The maximum absolute atomic E-state index is 12.3. The Morgan fingerprint density at radius 1 is 0.527 bits per heavy atom. The van der Waals surface area contributed by atoms with Crippen LogP contribution in [-0.2, 0) is 43.0 Å². The zero-order valence-corrected chi connectivity index (χ0v) is 66.1. The van der Waals surface area contributed by atoms with E-state index >= 15 is 0 Å². The third-order valence-electron chi connectivity index (χ3n) is 25.5. The molecule has 23 nitrogen and oxygen atoms in total. The molecule has 0 spiro atoms. The number of hydrogen-bond acceptors (Lipinski definition) is 22. The first-order valence-corrected chi connectivity index (χ1v) is 39.4. The minimum Gasteiger partial charge on any atom is -0.462 e. The van der Waals surface area contributed by atoms with Gasteiger partial charge in [0.1, 0.15) is 37.8 Å². The number of fused-ring (bicyclic) bond motifs is 4. The highest BCUT2D eigenvalue weighted by molar-refractivity contribution is 5.98. The van der Waals surface area contributed by atoms with E-state index in [1.54, 1.807) is 50.5 Å². The van der Waals surface area contributed by atoms with Gasteiger partial charge in [-0.3, -0.25) is 24.7 Å². The van der Waals surface area contributed by atoms with Crippen LogP contribution in [0.5, 0.6) is 0 Å². The van der Waals surface area contributed by atoms with Gasteiger partial charge in [0.15, 0.2) is 16.8 Å². The van der Waals surface area contributed by atoms with Crippen molar-refractivity contribution < 1.29 is 67.9 Å². The molecule has 4 aliphatic carbocycles. The molecule has 110 heavy (non-hydrogen) atoms. The summed E-state index contributed by atoms with van der Waals surface area (Å²) in [7, 11) is 1.52. The minimum absolute atomic E-state index is 0.0132. The van der Waals surface area contributed by atoms with Crippen molar-refractivity contribution in [1.29, 1.82) is 0 Å². The summed E-state index contributed by atoms with van der Waals surface area (Å²) in [5, 5.41) is 49.2. The number of esters is 4. The second kappa shape index (κ2) is 34.9. The molecule has 6 aromatic heterocycles. The first kappa shape index (κ1) is 81.7. The highest BCUT2D eigenvalue weighted by Crippen LogP contribution is 2.56. The predicted molar refractivity (Wildman–Crippen MR) is 418 cm³/mol. The average Bonchev–Trinajstić information content (AvgIpc) is 1.58. The summed E-state index contributed by atoms with van der Waals surface area (Å²) in [6.07, 6.45) is 37.6. The van der Waals surface area contributed by atoms with Crippen molar-refractivity contribution >= 4 is 59.6 Å². The van der Waals surface area contributed by atoms with Crippen LogP contribution in [0.4, 0.5) is 0 Å². The molecule has 10 heterocycles. The van der Waals surface area contributed by atoms with Gasteiger partial charge in [-0.25, -0.2) is 24.4 Å². The van der Waals surface area contributed by atoms with Gasteiger partial charge in [-0.15, -0.1) is 0 Å². The standard InChI is InChI=1S/C22H27N3O3.C22H30N2O4.C22H26N2O3.C21H28N2O4/c1-4-18-14(2)11-22(27)20(15(3)28-21(22)26)19(18)8-6-16-5-7-17(12-24-16)25-10-9-23-13-25;1-6-18-13(2)11-22(26)20(15(4)28-21(22)25)19(18)10-9-17-8-7-16(12-23-17)14(3)24-27-5;1-4-17-13(2)11-19-20(14(3)27-22(19)25)18(17)8-7-16-6-5-15(12-24-16)21-23-9-10-26-21;1-5-17-12(2)10-21(25)19(14(4)27-20(21)24)18(17)9-8-16-7-6-15(11-22-16)13(3)23-26/h5-10,12-15,18-20,27H,4,11H2,1-3H3;7-10,12-13,15,18-20,26H,6,11H2,1-5H3;5-10,12-14,17-20H,4,11H2,1-3H3;6-9,11-12,14,17-19,25-26H,5,10H2,1-4H3/b8-6+;10-9+,24-14?;8-7+;9-8+,23-13?/t14-,15+,18+,19-,20-,22-;13-,15+,18+,19-,20-,22-;13-,14+,17+,18-,19+,20-;12-,14+,17+,18-,19-,21-/m0000/s1. The fourth-order valence-corrected chi connectivity index (χ4v) is 20.3. The van der Waals surface area contributed by atoms with E-state index in [2.05, 4.69) is 126 Å². The fraction of sp³-hybridized carbons (Fsp3) is 0.540. The summed E-state index contributed by atoms with van der Waals surface area (Å²) in [5.74, 6) is 2.16. The molecule has 8 fully saturated rings. The molecule has 0 radical (unpaired) electrons. The van der Waals surface area contributed by atoms with Crippen molar-refractivity contribution in [3.63, 3.8) is 0 Å². The van der Waals surface area contributed by atoms with Crippen LogP contribution in [0, 0.1) is 101 Å². The molecule has 588 valence electrons. The molecule has 4 N–H and O–H groups in total. The van der Waals surface area contributed by atoms with E-state index in [9.17, 15) is 34.5 Å². The summed E-state index contributed by atoms with van der Waals surface area (Å²) >= 11 is 0. The zero-order valence-electron chi connectivity index (χ0n) is 66.1. The smallest absolute Gasteiger partial charge is 0.338 e. The fourth-order valence-electron chi connectivity index (χ4n) is 20.3. The second-order valence-corrected chi connectivity index (χ2v) is 32.0. The number of oxazole rings is 1. The minimum atomic E-state index is -1.40. The van der Waals surface area contributed by atoms with Gasteiger partial charge in [-0.05, 0) is 211 Å². The zero-order chi connectivity index (χ0) is 79.1. The number of allylic oxidation sites excluding steroid dienone is 4. The highest BCUT2D eigenvalue weighted by Gasteiger charge is 2.65. The number of cyclic esters (lactones) is 4. The molecule has 0 bridgehead atoms. The van der Waals surface area contributed by atoms with E-state index in [1.165, 1.54) is 7.11 Å². The van der Waals surface area contributed by atoms with Crippen molar-refractivity contribution in [3.05, 3.63) is 163 Å². The summed E-state index contributed by atoms with van der Waals surface area (Å²) in [4.78, 5) is 80.1. The van der Waals surface area contributed by atoms with Crippen LogP contribution in [0.2, 0.25) is 0 Å².